The van der Waals surface area contributed by atoms with E-state index < -0.39 is 15.6 Å². The van der Waals surface area contributed by atoms with Crippen molar-refractivity contribution in [3.05, 3.63) is 0 Å². The number of rotatable bonds is 3. The molecule has 0 aliphatic heterocycles. The molecule has 0 fully saturated rings. The van der Waals surface area contributed by atoms with Crippen LogP contribution in [0.3, 0.4) is 0 Å². The van der Waals surface area contributed by atoms with Crippen molar-refractivity contribution >= 4 is 16.3 Å². The third kappa shape index (κ3) is 4.46. The molecule has 0 unspecified atom stereocenters. The Kier molecular flexibility index (Phi) is 2.56. The van der Waals surface area contributed by atoms with E-state index >= 15 is 0 Å². The van der Waals surface area contributed by atoms with E-state index in [1.807, 2.05) is 0 Å². The van der Waals surface area contributed by atoms with E-state index in [1.165, 1.54) is 13.8 Å². The molecule has 0 rings (SSSR count). The Balaban J connectivity index is 4.30. The first-order chi connectivity index (χ1) is 4.27. The van der Waals surface area contributed by atoms with Crippen LogP contribution in [0.15, 0.2) is 0 Å². The van der Waals surface area contributed by atoms with Crippen molar-refractivity contribution in [3.8, 4) is 0 Å². The number of sulfonamides is 1. The van der Waals surface area contributed by atoms with Gasteiger partial charge in [0.05, 0.1) is 11.8 Å². The molecular weight excluding hydrogens is 154 g/mol. The second kappa shape index (κ2) is 2.67. The lowest BCUT2D eigenvalue weighted by atomic mass is 10.1. The standard InChI is InChI=1S/C5H11NO3S/c1-5(2,4-7)6-10(3,8)9/h4,6H,1-3H3. The Morgan fingerprint density at radius 1 is 1.40 bits per heavy atom. The highest BCUT2D eigenvalue weighted by Gasteiger charge is 2.20. The van der Waals surface area contributed by atoms with Crippen molar-refractivity contribution in [2.24, 2.45) is 0 Å². The van der Waals surface area contributed by atoms with Gasteiger partial charge in [-0.2, -0.15) is 0 Å². The Hall–Kier alpha value is -0.420. The van der Waals surface area contributed by atoms with E-state index in [1.54, 1.807) is 0 Å². The van der Waals surface area contributed by atoms with E-state index in [0.29, 0.717) is 6.29 Å². The average Bonchev–Trinajstić information content (AvgIpc) is 1.60. The molecule has 0 amide bonds. The number of nitrogens with one attached hydrogen (secondary N) is 1. The number of hydrogen-bond donors (Lipinski definition) is 1. The molecule has 0 heterocycles. The van der Waals surface area contributed by atoms with Crippen LogP contribution in [0.25, 0.3) is 0 Å². The Morgan fingerprint density at radius 2 is 1.80 bits per heavy atom. The largest absolute Gasteiger partial charge is 0.301 e. The fraction of sp³-hybridized carbons (Fsp3) is 0.800. The predicted molar refractivity (Wildman–Crippen MR) is 38.1 cm³/mol. The average molecular weight is 165 g/mol. The van der Waals surface area contributed by atoms with Crippen molar-refractivity contribution in [1.82, 2.24) is 4.72 Å². The summed E-state index contributed by atoms with van der Waals surface area (Å²) in [6, 6.07) is 0. The summed E-state index contributed by atoms with van der Waals surface area (Å²) in [5, 5.41) is 0. The van der Waals surface area contributed by atoms with Gasteiger partial charge in [0.2, 0.25) is 10.0 Å². The van der Waals surface area contributed by atoms with Gasteiger partial charge in [-0.05, 0) is 13.8 Å². The summed E-state index contributed by atoms with van der Waals surface area (Å²) in [6.45, 7) is 2.97. The van der Waals surface area contributed by atoms with Crippen molar-refractivity contribution in [1.29, 1.82) is 0 Å². The van der Waals surface area contributed by atoms with Gasteiger partial charge in [0.15, 0.2) is 0 Å². The van der Waals surface area contributed by atoms with Gasteiger partial charge in [-0.25, -0.2) is 13.1 Å². The molecule has 0 aromatic carbocycles. The van der Waals surface area contributed by atoms with Gasteiger partial charge in [0.25, 0.3) is 0 Å². The molecule has 0 saturated heterocycles. The number of aldehydes is 1. The van der Waals surface area contributed by atoms with Crippen molar-refractivity contribution in [3.63, 3.8) is 0 Å². The molecule has 4 nitrogen and oxygen atoms in total. The maximum Gasteiger partial charge on any atom is 0.209 e. The quantitative estimate of drug-likeness (QED) is 0.574. The Bertz CT molecular complexity index is 217. The molecule has 0 bridgehead atoms. The van der Waals surface area contributed by atoms with Gasteiger partial charge >= 0.3 is 0 Å². The molecule has 0 aliphatic rings. The first-order valence-electron chi connectivity index (χ1n) is 2.72. The van der Waals surface area contributed by atoms with Crippen molar-refractivity contribution in [2.75, 3.05) is 6.26 Å². The van der Waals surface area contributed by atoms with E-state index in [-0.39, 0.29) is 0 Å². The van der Waals surface area contributed by atoms with Crippen LogP contribution in [0.2, 0.25) is 0 Å². The summed E-state index contributed by atoms with van der Waals surface area (Å²) in [7, 11) is -3.28. The minimum Gasteiger partial charge on any atom is -0.301 e. The monoisotopic (exact) mass is 165 g/mol. The van der Waals surface area contributed by atoms with Crippen LogP contribution in [0.4, 0.5) is 0 Å². The third-order valence-corrected chi connectivity index (χ3v) is 1.64. The maximum absolute atomic E-state index is 10.5. The van der Waals surface area contributed by atoms with Crippen molar-refractivity contribution in [2.45, 2.75) is 19.4 Å². The van der Waals surface area contributed by atoms with Gasteiger partial charge in [-0.3, -0.25) is 0 Å². The normalized spacial score (nSPS) is 13.1. The molecule has 1 N–H and O–H groups in total. The molecule has 0 aromatic rings. The molecule has 0 aliphatic carbocycles. The summed E-state index contributed by atoms with van der Waals surface area (Å²) in [5.41, 5.74) is -0.992. The zero-order chi connectivity index (χ0) is 8.41. The molecular formula is C5H11NO3S. The highest BCUT2D eigenvalue weighted by molar-refractivity contribution is 7.88. The van der Waals surface area contributed by atoms with Gasteiger partial charge in [0, 0.05) is 0 Å². The topological polar surface area (TPSA) is 63.2 Å². The first-order valence-corrected chi connectivity index (χ1v) is 4.61. The maximum atomic E-state index is 10.5. The van der Waals surface area contributed by atoms with Crippen molar-refractivity contribution < 1.29 is 13.2 Å². The fourth-order valence-corrected chi connectivity index (χ4v) is 1.51. The molecule has 0 radical (unpaired) electrons. The van der Waals surface area contributed by atoms with Crippen LogP contribution in [0, 0.1) is 0 Å². The number of carbonyl (C=O) groups is 1. The van der Waals surface area contributed by atoms with Crippen LogP contribution in [-0.4, -0.2) is 26.5 Å². The van der Waals surface area contributed by atoms with Gasteiger partial charge in [-0.15, -0.1) is 0 Å². The lowest BCUT2D eigenvalue weighted by Gasteiger charge is -2.16. The third-order valence-electron chi connectivity index (χ3n) is 0.743. The molecule has 0 spiro atoms. The number of hydrogen-bond acceptors (Lipinski definition) is 3. The molecule has 5 heteroatoms. The van der Waals surface area contributed by atoms with Crippen LogP contribution >= 0.6 is 0 Å². The van der Waals surface area contributed by atoms with Crippen LogP contribution in [0.5, 0.6) is 0 Å². The molecule has 0 atom stereocenters. The minimum absolute atomic E-state index is 0.550. The summed E-state index contributed by atoms with van der Waals surface area (Å²) in [4.78, 5) is 10.2. The van der Waals surface area contributed by atoms with E-state index in [9.17, 15) is 13.2 Å². The second-order valence-electron chi connectivity index (χ2n) is 2.71. The van der Waals surface area contributed by atoms with E-state index in [2.05, 4.69) is 4.72 Å². The van der Waals surface area contributed by atoms with Gasteiger partial charge in [0.1, 0.15) is 6.29 Å². The fourth-order valence-electron chi connectivity index (χ4n) is 0.502. The molecule has 0 saturated carbocycles. The highest BCUT2D eigenvalue weighted by atomic mass is 32.2. The lowest BCUT2D eigenvalue weighted by Crippen LogP contribution is -2.43. The molecule has 60 valence electrons. The second-order valence-corrected chi connectivity index (χ2v) is 4.46. The summed E-state index contributed by atoms with van der Waals surface area (Å²) < 4.78 is 23.2. The highest BCUT2D eigenvalue weighted by Crippen LogP contribution is 1.97. The SMILES string of the molecule is CC(C)(C=O)NS(C)(=O)=O. The van der Waals surface area contributed by atoms with Crippen LogP contribution in [-0.2, 0) is 14.8 Å². The smallest absolute Gasteiger partial charge is 0.209 e. The molecule has 10 heavy (non-hydrogen) atoms. The minimum atomic E-state index is -3.28. The van der Waals surface area contributed by atoms with E-state index in [4.69, 9.17) is 0 Å². The molecule has 0 aromatic heterocycles. The summed E-state index contributed by atoms with van der Waals surface area (Å²) >= 11 is 0. The summed E-state index contributed by atoms with van der Waals surface area (Å²) in [5.74, 6) is 0. The Morgan fingerprint density at radius 3 is 1.90 bits per heavy atom. The van der Waals surface area contributed by atoms with Gasteiger partial charge in [-0.1, -0.05) is 0 Å². The Labute approximate surface area is 60.7 Å². The summed E-state index contributed by atoms with van der Waals surface area (Å²) in [6.07, 6.45) is 1.56. The zero-order valence-corrected chi connectivity index (χ0v) is 7.03. The predicted octanol–water partition coefficient (Wildman–Crippen LogP) is -0.487. The lowest BCUT2D eigenvalue weighted by molar-refractivity contribution is -0.111. The number of carbonyl (C=O) groups excluding carboxylic acids is 1. The zero-order valence-electron chi connectivity index (χ0n) is 6.21. The first kappa shape index (κ1) is 9.58. The van der Waals surface area contributed by atoms with Crippen LogP contribution < -0.4 is 4.72 Å². The van der Waals surface area contributed by atoms with E-state index in [0.717, 1.165) is 6.26 Å². The van der Waals surface area contributed by atoms with Crippen LogP contribution in [0.1, 0.15) is 13.8 Å². The van der Waals surface area contributed by atoms with Gasteiger partial charge < -0.3 is 4.79 Å².